The Morgan fingerprint density at radius 1 is 0.860 bits per heavy atom. The summed E-state index contributed by atoms with van der Waals surface area (Å²) in [5.74, 6) is 0. The highest BCUT2D eigenvalue weighted by molar-refractivity contribution is 7.99. The van der Waals surface area contributed by atoms with Gasteiger partial charge in [0.15, 0.2) is 5.11 Å². The van der Waals surface area contributed by atoms with Gasteiger partial charge in [0, 0.05) is 50.9 Å². The van der Waals surface area contributed by atoms with Crippen LogP contribution in [0.25, 0.3) is 5.69 Å². The first-order valence-corrected chi connectivity index (χ1v) is 15.2. The maximum atomic E-state index is 11.0. The molecule has 0 unspecified atom stereocenters. The molecule has 3 aromatic carbocycles. The summed E-state index contributed by atoms with van der Waals surface area (Å²) in [7, 11) is 0. The third-order valence-corrected chi connectivity index (χ3v) is 9.08. The number of nitro benzene ring substituents is 1. The zero-order valence-corrected chi connectivity index (χ0v) is 25.9. The summed E-state index contributed by atoms with van der Waals surface area (Å²) in [6.45, 7) is 8.60. The van der Waals surface area contributed by atoms with Gasteiger partial charge >= 0.3 is 0 Å². The van der Waals surface area contributed by atoms with Crippen molar-refractivity contribution in [3.8, 4) is 5.69 Å². The molecule has 0 bridgehead atoms. The van der Waals surface area contributed by atoms with Crippen LogP contribution in [0.15, 0.2) is 107 Å². The van der Waals surface area contributed by atoms with E-state index in [-0.39, 0.29) is 22.7 Å². The van der Waals surface area contributed by atoms with E-state index in [2.05, 4.69) is 91.0 Å². The van der Waals surface area contributed by atoms with Crippen LogP contribution in [0, 0.1) is 37.8 Å². The van der Waals surface area contributed by atoms with E-state index >= 15 is 0 Å². The fraction of sp³-hybridized carbons (Fsp3) is 0.176. The number of pyridine rings is 1. The number of benzene rings is 3. The maximum Gasteiger partial charge on any atom is 0.269 e. The molecule has 1 aliphatic rings. The second-order valence-electron chi connectivity index (χ2n) is 10.9. The standard InChI is InChI=1S/C34H31N5O2S2/c1-21-17-22(2)19-27(18-21)37-23(3)20-30(24(37)4)33-32(31-7-5-6-16-35-31)36-34(42)38(33)25-8-12-28(13-9-25)43-29-14-10-26(11-15-29)39(40)41/h5-20,32-33H,1-4H3,(H,36,42)/t32-,33+/m1/s1. The van der Waals surface area contributed by atoms with Gasteiger partial charge in [0.1, 0.15) is 0 Å². The van der Waals surface area contributed by atoms with Gasteiger partial charge in [-0.25, -0.2) is 0 Å². The lowest BCUT2D eigenvalue weighted by molar-refractivity contribution is -0.384. The van der Waals surface area contributed by atoms with E-state index in [4.69, 9.17) is 17.2 Å². The van der Waals surface area contributed by atoms with E-state index in [9.17, 15) is 10.1 Å². The molecule has 0 saturated carbocycles. The summed E-state index contributed by atoms with van der Waals surface area (Å²) in [6, 6.07) is 29.5. The molecule has 2 atom stereocenters. The molecule has 1 saturated heterocycles. The topological polar surface area (TPSA) is 76.2 Å². The van der Waals surface area contributed by atoms with E-state index in [1.165, 1.54) is 28.8 Å². The lowest BCUT2D eigenvalue weighted by atomic mass is 9.96. The minimum absolute atomic E-state index is 0.0835. The normalized spacial score (nSPS) is 16.4. The third-order valence-electron chi connectivity index (χ3n) is 7.75. The molecule has 6 rings (SSSR count). The van der Waals surface area contributed by atoms with Gasteiger partial charge in [0.25, 0.3) is 5.69 Å². The van der Waals surface area contributed by atoms with Gasteiger partial charge in [-0.15, -0.1) is 0 Å². The minimum Gasteiger partial charge on any atom is -0.351 e. The average Bonchev–Trinajstić information content (AvgIpc) is 3.48. The lowest BCUT2D eigenvalue weighted by Crippen LogP contribution is -2.29. The number of hydrogen-bond donors (Lipinski definition) is 1. The number of thiocarbonyl (C=S) groups is 1. The molecule has 43 heavy (non-hydrogen) atoms. The second-order valence-corrected chi connectivity index (χ2v) is 12.4. The van der Waals surface area contributed by atoms with E-state index in [0.717, 1.165) is 38.2 Å². The molecule has 5 aromatic rings. The number of aryl methyl sites for hydroxylation is 3. The quantitative estimate of drug-likeness (QED) is 0.114. The molecule has 7 nitrogen and oxygen atoms in total. The van der Waals surface area contributed by atoms with Crippen molar-refractivity contribution >= 4 is 40.5 Å². The van der Waals surface area contributed by atoms with E-state index in [1.54, 1.807) is 23.9 Å². The number of nitrogens with zero attached hydrogens (tertiary/aromatic N) is 4. The molecule has 9 heteroatoms. The van der Waals surface area contributed by atoms with Crippen LogP contribution in [0.5, 0.6) is 0 Å². The van der Waals surface area contributed by atoms with E-state index in [1.807, 2.05) is 24.4 Å². The van der Waals surface area contributed by atoms with Crippen molar-refractivity contribution in [3.05, 3.63) is 141 Å². The van der Waals surface area contributed by atoms with Crippen LogP contribution >= 0.6 is 24.0 Å². The Kier molecular flexibility index (Phi) is 7.77. The van der Waals surface area contributed by atoms with Crippen molar-refractivity contribution in [3.63, 3.8) is 0 Å². The number of non-ortho nitro benzene ring substituents is 1. The van der Waals surface area contributed by atoms with Crippen molar-refractivity contribution < 1.29 is 4.92 Å². The Bertz CT molecular complexity index is 1800. The summed E-state index contributed by atoms with van der Waals surface area (Å²) < 4.78 is 2.33. The minimum atomic E-state index is -0.385. The summed E-state index contributed by atoms with van der Waals surface area (Å²) in [5.41, 5.74) is 9.11. The van der Waals surface area contributed by atoms with Crippen molar-refractivity contribution in [1.82, 2.24) is 14.9 Å². The van der Waals surface area contributed by atoms with Gasteiger partial charge in [0.05, 0.1) is 22.7 Å². The Morgan fingerprint density at radius 2 is 1.51 bits per heavy atom. The molecule has 0 aliphatic carbocycles. The monoisotopic (exact) mass is 605 g/mol. The summed E-state index contributed by atoms with van der Waals surface area (Å²) in [5, 5.41) is 15.2. The first-order chi connectivity index (χ1) is 20.7. The molecule has 2 aromatic heterocycles. The number of nitrogens with one attached hydrogen (secondary N) is 1. The molecule has 216 valence electrons. The van der Waals surface area contributed by atoms with Crippen LogP contribution < -0.4 is 10.2 Å². The lowest BCUT2D eigenvalue weighted by Gasteiger charge is -2.28. The van der Waals surface area contributed by atoms with Gasteiger partial charge < -0.3 is 14.8 Å². The van der Waals surface area contributed by atoms with Crippen LogP contribution in [0.1, 0.15) is 45.9 Å². The number of anilines is 1. The summed E-state index contributed by atoms with van der Waals surface area (Å²) in [6.07, 6.45) is 1.82. The van der Waals surface area contributed by atoms with Crippen molar-refractivity contribution in [1.29, 1.82) is 0 Å². The average molecular weight is 606 g/mol. The van der Waals surface area contributed by atoms with Gasteiger partial charge in [-0.2, -0.15) is 0 Å². The number of aromatic nitrogens is 2. The van der Waals surface area contributed by atoms with E-state index in [0.29, 0.717) is 5.11 Å². The molecule has 0 amide bonds. The van der Waals surface area contributed by atoms with Gasteiger partial charge in [-0.3, -0.25) is 15.1 Å². The maximum absolute atomic E-state index is 11.0. The molecule has 1 N–H and O–H groups in total. The molecule has 1 aliphatic heterocycles. The Morgan fingerprint density at radius 3 is 2.12 bits per heavy atom. The van der Waals surface area contributed by atoms with Crippen molar-refractivity contribution in [2.75, 3.05) is 4.90 Å². The predicted octanol–water partition coefficient (Wildman–Crippen LogP) is 8.34. The Balaban J connectivity index is 1.38. The highest BCUT2D eigenvalue weighted by Gasteiger charge is 2.42. The van der Waals surface area contributed by atoms with Crippen LogP contribution in [0.2, 0.25) is 0 Å². The van der Waals surface area contributed by atoms with Gasteiger partial charge in [-0.1, -0.05) is 23.9 Å². The fourth-order valence-corrected chi connectivity index (χ4v) is 7.12. The van der Waals surface area contributed by atoms with Crippen molar-refractivity contribution in [2.45, 2.75) is 49.6 Å². The van der Waals surface area contributed by atoms with Gasteiger partial charge in [0.2, 0.25) is 0 Å². The molecule has 1 fully saturated rings. The summed E-state index contributed by atoms with van der Waals surface area (Å²) >= 11 is 7.54. The largest absolute Gasteiger partial charge is 0.351 e. The molecule has 0 spiro atoms. The van der Waals surface area contributed by atoms with Crippen LogP contribution in [0.3, 0.4) is 0 Å². The van der Waals surface area contributed by atoms with Crippen LogP contribution in [-0.4, -0.2) is 19.6 Å². The summed E-state index contributed by atoms with van der Waals surface area (Å²) in [4.78, 5) is 19.5. The number of rotatable bonds is 7. The zero-order valence-electron chi connectivity index (χ0n) is 24.3. The Labute approximate surface area is 260 Å². The van der Waals surface area contributed by atoms with Crippen LogP contribution in [0.4, 0.5) is 11.4 Å². The smallest absolute Gasteiger partial charge is 0.269 e. The highest BCUT2D eigenvalue weighted by Crippen LogP contribution is 2.44. The third kappa shape index (κ3) is 5.66. The second kappa shape index (κ2) is 11.7. The number of nitro groups is 1. The first-order valence-electron chi connectivity index (χ1n) is 14.0. The first kappa shape index (κ1) is 28.6. The van der Waals surface area contributed by atoms with Crippen LogP contribution in [-0.2, 0) is 0 Å². The molecule has 3 heterocycles. The van der Waals surface area contributed by atoms with Gasteiger partial charge in [-0.05, 0) is 123 Å². The predicted molar refractivity (Wildman–Crippen MR) is 176 cm³/mol. The molecule has 0 radical (unpaired) electrons. The Hall–Kier alpha value is -4.47. The SMILES string of the molecule is Cc1cc(C)cc(-n2c(C)cc([C@H]3[C@@H](c4ccccn4)NC(=S)N3c3ccc(Sc4ccc([N+](=O)[O-])cc4)cc3)c2C)c1. The molecular formula is C34H31N5O2S2. The molecular weight excluding hydrogens is 575 g/mol. The zero-order chi connectivity index (χ0) is 30.2. The highest BCUT2D eigenvalue weighted by atomic mass is 32.2. The van der Waals surface area contributed by atoms with Crippen molar-refractivity contribution in [2.24, 2.45) is 0 Å². The fourth-order valence-electron chi connectivity index (χ4n) is 5.96. The van der Waals surface area contributed by atoms with E-state index < -0.39 is 0 Å². The number of hydrogen-bond acceptors (Lipinski definition) is 5.